The van der Waals surface area contributed by atoms with Gasteiger partial charge in [-0.3, -0.25) is 9.69 Å². The summed E-state index contributed by atoms with van der Waals surface area (Å²) in [5.41, 5.74) is 3.52. The van der Waals surface area contributed by atoms with E-state index < -0.39 is 0 Å². The van der Waals surface area contributed by atoms with E-state index in [4.69, 9.17) is 11.6 Å². The van der Waals surface area contributed by atoms with Gasteiger partial charge in [-0.2, -0.15) is 0 Å². The molecule has 2 aromatic carbocycles. The van der Waals surface area contributed by atoms with E-state index in [1.165, 1.54) is 5.57 Å². The Hall–Kier alpha value is -2.30. The average molecular weight is 371 g/mol. The van der Waals surface area contributed by atoms with Crippen molar-refractivity contribution in [1.29, 1.82) is 0 Å². The van der Waals surface area contributed by atoms with E-state index in [0.29, 0.717) is 13.1 Å². The fourth-order valence-corrected chi connectivity index (χ4v) is 3.30. The number of carbonyl (C=O) groups is 1. The molecule has 0 atom stereocenters. The van der Waals surface area contributed by atoms with Crippen molar-refractivity contribution in [2.75, 3.05) is 26.2 Å². The Morgan fingerprint density at radius 1 is 1.19 bits per heavy atom. The van der Waals surface area contributed by atoms with Crippen molar-refractivity contribution in [3.8, 4) is 5.75 Å². The molecular weight excluding hydrogens is 348 g/mol. The molecule has 4 nitrogen and oxygen atoms in total. The van der Waals surface area contributed by atoms with Crippen molar-refractivity contribution in [3.05, 3.63) is 70.8 Å². The molecule has 0 aliphatic carbocycles. The van der Waals surface area contributed by atoms with Crippen LogP contribution < -0.4 is 5.32 Å². The van der Waals surface area contributed by atoms with E-state index in [1.807, 2.05) is 36.4 Å². The Morgan fingerprint density at radius 3 is 2.69 bits per heavy atom. The Balaban J connectivity index is 1.42. The van der Waals surface area contributed by atoms with Gasteiger partial charge in [0.05, 0.1) is 6.54 Å². The van der Waals surface area contributed by atoms with Crippen LogP contribution in [0.25, 0.3) is 5.57 Å². The normalized spacial score (nSPS) is 14.7. The zero-order valence-electron chi connectivity index (χ0n) is 14.6. The van der Waals surface area contributed by atoms with Gasteiger partial charge in [0.1, 0.15) is 5.75 Å². The van der Waals surface area contributed by atoms with Gasteiger partial charge in [-0.1, -0.05) is 41.9 Å². The number of carbonyl (C=O) groups excluding carboxylic acids is 1. The first-order valence-corrected chi connectivity index (χ1v) is 9.20. The van der Waals surface area contributed by atoms with E-state index in [1.54, 1.807) is 12.1 Å². The van der Waals surface area contributed by atoms with Crippen LogP contribution in [0.15, 0.2) is 54.6 Å². The predicted molar refractivity (Wildman–Crippen MR) is 105 cm³/mol. The minimum atomic E-state index is 0.0495. The first kappa shape index (κ1) is 18.5. The molecule has 0 aromatic heterocycles. The number of phenolic OH excluding ortho intramolecular Hbond substituents is 1. The molecule has 2 N–H and O–H groups in total. The van der Waals surface area contributed by atoms with Gasteiger partial charge in [0.15, 0.2) is 0 Å². The molecule has 0 radical (unpaired) electrons. The lowest BCUT2D eigenvalue weighted by Gasteiger charge is -2.26. The summed E-state index contributed by atoms with van der Waals surface area (Å²) >= 11 is 5.97. The third-order valence-electron chi connectivity index (χ3n) is 4.52. The molecule has 1 heterocycles. The maximum atomic E-state index is 12.1. The minimum absolute atomic E-state index is 0.0495. The average Bonchev–Trinajstić information content (AvgIpc) is 2.63. The molecule has 0 fully saturated rings. The van der Waals surface area contributed by atoms with Crippen LogP contribution in [-0.4, -0.2) is 42.1 Å². The summed E-state index contributed by atoms with van der Waals surface area (Å²) in [4.78, 5) is 14.3. The van der Waals surface area contributed by atoms with Crippen molar-refractivity contribution in [3.63, 3.8) is 0 Å². The molecule has 0 bridgehead atoms. The van der Waals surface area contributed by atoms with Gasteiger partial charge >= 0.3 is 0 Å². The summed E-state index contributed by atoms with van der Waals surface area (Å²) in [5, 5.41) is 13.1. The lowest BCUT2D eigenvalue weighted by atomic mass is 9.99. The van der Waals surface area contributed by atoms with Crippen LogP contribution >= 0.6 is 11.6 Å². The second-order valence-electron chi connectivity index (χ2n) is 6.49. The molecule has 2 aromatic rings. The first-order valence-electron chi connectivity index (χ1n) is 8.82. The summed E-state index contributed by atoms with van der Waals surface area (Å²) in [6.07, 6.45) is 3.84. The maximum absolute atomic E-state index is 12.1. The molecule has 0 unspecified atom stereocenters. The van der Waals surface area contributed by atoms with Crippen LogP contribution in [0.3, 0.4) is 0 Å². The molecule has 0 spiro atoms. The SMILES string of the molecule is O=C(CN1CC=C(c2ccc(O)cc2)CC1)NCCc1cccc(Cl)c1. The Morgan fingerprint density at radius 2 is 2.00 bits per heavy atom. The molecule has 1 aliphatic rings. The standard InChI is InChI=1S/C21H23ClN2O2/c22-19-3-1-2-16(14-19)8-11-23-21(26)15-24-12-9-18(10-13-24)17-4-6-20(25)7-5-17/h1-7,9,14,25H,8,10-13,15H2,(H,23,26). The van der Waals surface area contributed by atoms with E-state index in [9.17, 15) is 9.90 Å². The number of aromatic hydroxyl groups is 1. The maximum Gasteiger partial charge on any atom is 0.234 e. The number of nitrogens with one attached hydrogen (secondary N) is 1. The topological polar surface area (TPSA) is 52.6 Å². The molecule has 3 rings (SSSR count). The van der Waals surface area contributed by atoms with Crippen LogP contribution in [0.1, 0.15) is 17.5 Å². The van der Waals surface area contributed by atoms with Gasteiger partial charge in [-0.15, -0.1) is 0 Å². The first-order chi connectivity index (χ1) is 12.6. The molecule has 26 heavy (non-hydrogen) atoms. The highest BCUT2D eigenvalue weighted by Gasteiger charge is 2.15. The number of benzene rings is 2. The summed E-state index contributed by atoms with van der Waals surface area (Å²) in [6.45, 7) is 2.64. The second-order valence-corrected chi connectivity index (χ2v) is 6.93. The second kappa shape index (κ2) is 8.88. The van der Waals surface area contributed by atoms with Gasteiger partial charge in [-0.25, -0.2) is 0 Å². The molecule has 1 aliphatic heterocycles. The predicted octanol–water partition coefficient (Wildman–Crippen LogP) is 3.49. The molecular formula is C21H23ClN2O2. The lowest BCUT2D eigenvalue weighted by Crippen LogP contribution is -2.39. The summed E-state index contributed by atoms with van der Waals surface area (Å²) in [5.74, 6) is 0.328. The number of amides is 1. The van der Waals surface area contributed by atoms with Gasteiger partial charge in [0.2, 0.25) is 5.91 Å². The highest BCUT2D eigenvalue weighted by molar-refractivity contribution is 6.30. The molecule has 136 valence electrons. The molecule has 0 saturated heterocycles. The third kappa shape index (κ3) is 5.35. The highest BCUT2D eigenvalue weighted by atomic mass is 35.5. The fourth-order valence-electron chi connectivity index (χ4n) is 3.09. The van der Waals surface area contributed by atoms with E-state index in [-0.39, 0.29) is 11.7 Å². The fraction of sp³-hybridized carbons (Fsp3) is 0.286. The monoisotopic (exact) mass is 370 g/mol. The molecule has 5 heteroatoms. The van der Waals surface area contributed by atoms with Crippen molar-refractivity contribution < 1.29 is 9.90 Å². The van der Waals surface area contributed by atoms with E-state index in [0.717, 1.165) is 42.1 Å². The van der Waals surface area contributed by atoms with Crippen molar-refractivity contribution in [2.45, 2.75) is 12.8 Å². The van der Waals surface area contributed by atoms with Crippen LogP contribution in [-0.2, 0) is 11.2 Å². The highest BCUT2D eigenvalue weighted by Crippen LogP contribution is 2.23. The number of halogens is 1. The van der Waals surface area contributed by atoms with Crippen LogP contribution in [0.4, 0.5) is 0 Å². The number of hydrogen-bond acceptors (Lipinski definition) is 3. The number of phenols is 1. The van der Waals surface area contributed by atoms with Gasteiger partial charge < -0.3 is 10.4 Å². The van der Waals surface area contributed by atoms with E-state index in [2.05, 4.69) is 16.3 Å². The zero-order chi connectivity index (χ0) is 18.4. The Labute approximate surface area is 159 Å². The van der Waals surface area contributed by atoms with Gasteiger partial charge in [0.25, 0.3) is 0 Å². The zero-order valence-corrected chi connectivity index (χ0v) is 15.4. The van der Waals surface area contributed by atoms with Crippen molar-refractivity contribution in [1.82, 2.24) is 10.2 Å². The van der Waals surface area contributed by atoms with Crippen LogP contribution in [0.5, 0.6) is 5.75 Å². The van der Waals surface area contributed by atoms with Crippen molar-refractivity contribution in [2.24, 2.45) is 0 Å². The van der Waals surface area contributed by atoms with Crippen LogP contribution in [0, 0.1) is 0 Å². The van der Waals surface area contributed by atoms with Crippen LogP contribution in [0.2, 0.25) is 5.02 Å². The molecule has 0 saturated carbocycles. The molecule has 1 amide bonds. The Kier molecular flexibility index (Phi) is 6.31. The quantitative estimate of drug-likeness (QED) is 0.818. The van der Waals surface area contributed by atoms with Gasteiger partial charge in [-0.05, 0) is 53.8 Å². The van der Waals surface area contributed by atoms with Crippen molar-refractivity contribution >= 4 is 23.1 Å². The summed E-state index contributed by atoms with van der Waals surface area (Å²) < 4.78 is 0. The van der Waals surface area contributed by atoms with Gasteiger partial charge in [0, 0.05) is 24.7 Å². The Bertz CT molecular complexity index is 787. The third-order valence-corrected chi connectivity index (χ3v) is 4.76. The smallest absolute Gasteiger partial charge is 0.234 e. The lowest BCUT2D eigenvalue weighted by molar-refractivity contribution is -0.122. The minimum Gasteiger partial charge on any atom is -0.508 e. The number of nitrogens with zero attached hydrogens (tertiary/aromatic N) is 1. The number of rotatable bonds is 6. The summed E-state index contributed by atoms with van der Waals surface area (Å²) in [6, 6.07) is 15.0. The summed E-state index contributed by atoms with van der Waals surface area (Å²) in [7, 11) is 0. The largest absolute Gasteiger partial charge is 0.508 e. The number of hydrogen-bond donors (Lipinski definition) is 2. The van der Waals surface area contributed by atoms with E-state index >= 15 is 0 Å².